The van der Waals surface area contributed by atoms with Crippen molar-refractivity contribution in [1.29, 1.82) is 0 Å². The van der Waals surface area contributed by atoms with Gasteiger partial charge in [0, 0.05) is 17.3 Å². The largest absolute Gasteiger partial charge is 0.497 e. The van der Waals surface area contributed by atoms with E-state index in [1.54, 1.807) is 37.4 Å². The minimum atomic E-state index is -0.459. The second kappa shape index (κ2) is 6.51. The number of aromatic nitrogens is 1. The molecule has 122 valence electrons. The summed E-state index contributed by atoms with van der Waals surface area (Å²) in [5.74, 6) is 1.47. The number of pyridine rings is 1. The zero-order chi connectivity index (χ0) is 17.0. The minimum absolute atomic E-state index is 0.0831. The zero-order valence-corrected chi connectivity index (χ0v) is 13.6. The van der Waals surface area contributed by atoms with Gasteiger partial charge in [-0.15, -0.1) is 0 Å². The Labute approximate surface area is 134 Å². The number of hydrogen-bond acceptors (Lipinski definition) is 6. The normalized spacial score (nSPS) is 11.0. The smallest absolute Gasteiger partial charge is 0.311 e. The van der Waals surface area contributed by atoms with Crippen LogP contribution in [0.5, 0.6) is 5.75 Å². The van der Waals surface area contributed by atoms with E-state index < -0.39 is 4.92 Å². The van der Waals surface area contributed by atoms with Gasteiger partial charge in [0.15, 0.2) is 0 Å². The van der Waals surface area contributed by atoms with Gasteiger partial charge in [0.1, 0.15) is 11.6 Å². The van der Waals surface area contributed by atoms with Crippen molar-refractivity contribution in [3.63, 3.8) is 0 Å². The third kappa shape index (κ3) is 4.57. The summed E-state index contributed by atoms with van der Waals surface area (Å²) in [5.41, 5.74) is 0.412. The van der Waals surface area contributed by atoms with Gasteiger partial charge in [0.2, 0.25) is 5.82 Å². The fourth-order valence-electron chi connectivity index (χ4n) is 1.96. The van der Waals surface area contributed by atoms with Crippen molar-refractivity contribution in [1.82, 2.24) is 4.98 Å². The van der Waals surface area contributed by atoms with E-state index in [1.807, 2.05) is 20.8 Å². The Kier molecular flexibility index (Phi) is 4.68. The molecule has 1 aromatic heterocycles. The highest BCUT2D eigenvalue weighted by molar-refractivity contribution is 5.68. The zero-order valence-electron chi connectivity index (χ0n) is 13.6. The van der Waals surface area contributed by atoms with E-state index in [-0.39, 0.29) is 17.0 Å². The molecule has 7 heteroatoms. The quantitative estimate of drug-likeness (QED) is 0.641. The van der Waals surface area contributed by atoms with Crippen molar-refractivity contribution in [2.45, 2.75) is 26.3 Å². The molecule has 1 aromatic carbocycles. The van der Waals surface area contributed by atoms with Crippen LogP contribution in [0.1, 0.15) is 20.8 Å². The highest BCUT2D eigenvalue weighted by atomic mass is 16.6. The van der Waals surface area contributed by atoms with Gasteiger partial charge in [-0.2, -0.15) is 0 Å². The van der Waals surface area contributed by atoms with Crippen molar-refractivity contribution >= 4 is 23.0 Å². The number of nitro groups is 1. The summed E-state index contributed by atoms with van der Waals surface area (Å²) in [5, 5.41) is 17.4. The number of rotatable bonds is 5. The van der Waals surface area contributed by atoms with Crippen molar-refractivity contribution in [3.05, 3.63) is 46.5 Å². The molecule has 0 aliphatic rings. The van der Waals surface area contributed by atoms with Gasteiger partial charge in [-0.25, -0.2) is 4.98 Å². The van der Waals surface area contributed by atoms with Gasteiger partial charge >= 0.3 is 5.69 Å². The molecule has 2 rings (SSSR count). The van der Waals surface area contributed by atoms with E-state index in [0.717, 1.165) is 0 Å². The lowest BCUT2D eigenvalue weighted by atomic mass is 10.1. The highest BCUT2D eigenvalue weighted by Gasteiger charge is 2.18. The van der Waals surface area contributed by atoms with Crippen molar-refractivity contribution in [2.24, 2.45) is 0 Å². The summed E-state index contributed by atoms with van der Waals surface area (Å²) in [6.07, 6.45) is 0. The lowest BCUT2D eigenvalue weighted by Gasteiger charge is -2.21. The average Bonchev–Trinajstić information content (AvgIpc) is 2.46. The molecule has 0 saturated carbocycles. The first kappa shape index (κ1) is 16.5. The summed E-state index contributed by atoms with van der Waals surface area (Å²) in [7, 11) is 1.58. The second-order valence-electron chi connectivity index (χ2n) is 6.05. The fourth-order valence-corrected chi connectivity index (χ4v) is 1.96. The van der Waals surface area contributed by atoms with Crippen molar-refractivity contribution < 1.29 is 9.66 Å². The predicted molar refractivity (Wildman–Crippen MR) is 90.5 cm³/mol. The molecule has 0 amide bonds. The first-order valence-corrected chi connectivity index (χ1v) is 7.13. The lowest BCUT2D eigenvalue weighted by molar-refractivity contribution is -0.384. The monoisotopic (exact) mass is 316 g/mol. The molecule has 2 aromatic rings. The van der Waals surface area contributed by atoms with Crippen LogP contribution in [0.15, 0.2) is 36.4 Å². The van der Waals surface area contributed by atoms with Crippen LogP contribution < -0.4 is 15.4 Å². The van der Waals surface area contributed by atoms with Crippen molar-refractivity contribution in [3.8, 4) is 5.75 Å². The van der Waals surface area contributed by atoms with Gasteiger partial charge in [0.05, 0.1) is 12.0 Å². The average molecular weight is 316 g/mol. The summed E-state index contributed by atoms with van der Waals surface area (Å²) in [4.78, 5) is 15.1. The Bertz CT molecular complexity index is 693. The molecule has 1 heterocycles. The molecule has 0 saturated heterocycles. The minimum Gasteiger partial charge on any atom is -0.497 e. The number of nitrogens with zero attached hydrogens (tertiary/aromatic N) is 2. The summed E-state index contributed by atoms with van der Waals surface area (Å²) in [6.45, 7) is 5.98. The van der Waals surface area contributed by atoms with Gasteiger partial charge < -0.3 is 15.4 Å². The first-order chi connectivity index (χ1) is 10.8. The van der Waals surface area contributed by atoms with Crippen LogP contribution in [0.3, 0.4) is 0 Å². The van der Waals surface area contributed by atoms with E-state index in [0.29, 0.717) is 17.3 Å². The van der Waals surface area contributed by atoms with Crippen molar-refractivity contribution in [2.75, 3.05) is 17.7 Å². The number of anilines is 3. The molecule has 2 N–H and O–H groups in total. The van der Waals surface area contributed by atoms with E-state index in [4.69, 9.17) is 4.74 Å². The van der Waals surface area contributed by atoms with Gasteiger partial charge in [-0.05, 0) is 51.1 Å². The maximum Gasteiger partial charge on any atom is 0.311 e. The lowest BCUT2D eigenvalue weighted by Crippen LogP contribution is -2.26. The molecule has 7 nitrogen and oxygen atoms in total. The number of ether oxygens (including phenoxy) is 1. The summed E-state index contributed by atoms with van der Waals surface area (Å²) in [6, 6.07) is 10.1. The molecule has 0 unspecified atom stereocenters. The molecule has 0 aliphatic heterocycles. The maximum absolute atomic E-state index is 11.2. The molecule has 0 atom stereocenters. The van der Waals surface area contributed by atoms with E-state index >= 15 is 0 Å². The Morgan fingerprint density at radius 2 is 1.78 bits per heavy atom. The van der Waals surface area contributed by atoms with E-state index in [9.17, 15) is 10.1 Å². The van der Waals surface area contributed by atoms with Crippen LogP contribution in [0.4, 0.5) is 23.0 Å². The van der Waals surface area contributed by atoms with Crippen LogP contribution >= 0.6 is 0 Å². The Morgan fingerprint density at radius 1 is 1.13 bits per heavy atom. The van der Waals surface area contributed by atoms with E-state index in [2.05, 4.69) is 15.6 Å². The standard InChI is InChI=1S/C16H20N4O3/c1-16(2,3)19-14-10-9-13(20(21)22)15(18-14)17-11-5-7-12(23-4)8-6-11/h5-10H,1-4H3,(H2,17,18,19). The summed E-state index contributed by atoms with van der Waals surface area (Å²) < 4.78 is 5.09. The van der Waals surface area contributed by atoms with Crippen LogP contribution in [-0.2, 0) is 0 Å². The fraction of sp³-hybridized carbons (Fsp3) is 0.312. The van der Waals surface area contributed by atoms with Crippen LogP contribution in [-0.4, -0.2) is 22.6 Å². The topological polar surface area (TPSA) is 89.3 Å². The van der Waals surface area contributed by atoms with Crippen LogP contribution in [0.2, 0.25) is 0 Å². The molecule has 0 aliphatic carbocycles. The molecular weight excluding hydrogens is 296 g/mol. The number of hydrogen-bond donors (Lipinski definition) is 2. The third-order valence-electron chi connectivity index (χ3n) is 2.93. The molecule has 0 spiro atoms. The molecule has 0 bridgehead atoms. The number of methoxy groups -OCH3 is 1. The number of nitrogens with one attached hydrogen (secondary N) is 2. The SMILES string of the molecule is COc1ccc(Nc2nc(NC(C)(C)C)ccc2[N+](=O)[O-])cc1. The van der Waals surface area contributed by atoms with Crippen LogP contribution in [0, 0.1) is 10.1 Å². The van der Waals surface area contributed by atoms with E-state index in [1.165, 1.54) is 6.07 Å². The number of benzene rings is 1. The molecular formula is C16H20N4O3. The Balaban J connectivity index is 2.32. The molecule has 0 radical (unpaired) electrons. The molecule has 23 heavy (non-hydrogen) atoms. The first-order valence-electron chi connectivity index (χ1n) is 7.13. The van der Waals surface area contributed by atoms with Gasteiger partial charge in [-0.3, -0.25) is 10.1 Å². The van der Waals surface area contributed by atoms with Gasteiger partial charge in [-0.1, -0.05) is 0 Å². The Hall–Kier alpha value is -2.83. The predicted octanol–water partition coefficient (Wildman–Crippen LogP) is 3.95. The van der Waals surface area contributed by atoms with Gasteiger partial charge in [0.25, 0.3) is 0 Å². The summed E-state index contributed by atoms with van der Waals surface area (Å²) >= 11 is 0. The Morgan fingerprint density at radius 3 is 2.30 bits per heavy atom. The van der Waals surface area contributed by atoms with Crippen LogP contribution in [0.25, 0.3) is 0 Å². The third-order valence-corrected chi connectivity index (χ3v) is 2.93. The second-order valence-corrected chi connectivity index (χ2v) is 6.05. The highest BCUT2D eigenvalue weighted by Crippen LogP contribution is 2.28. The maximum atomic E-state index is 11.2. The molecule has 0 fully saturated rings.